The van der Waals surface area contributed by atoms with Gasteiger partial charge in [0, 0.05) is 17.2 Å². The number of carbonyl (C=O) groups excluding carboxylic acids is 2. The van der Waals surface area contributed by atoms with Gasteiger partial charge in [-0.25, -0.2) is 0 Å². The first-order valence-corrected chi connectivity index (χ1v) is 11.6. The molecule has 5 heteroatoms. The Morgan fingerprint density at radius 1 is 0.879 bits per heavy atom. The van der Waals surface area contributed by atoms with Crippen molar-refractivity contribution in [2.24, 2.45) is 0 Å². The van der Waals surface area contributed by atoms with Crippen LogP contribution in [0, 0.1) is 0 Å². The van der Waals surface area contributed by atoms with Gasteiger partial charge in [-0.1, -0.05) is 61.7 Å². The summed E-state index contributed by atoms with van der Waals surface area (Å²) in [6.07, 6.45) is 5.44. The van der Waals surface area contributed by atoms with Crippen LogP contribution in [0.2, 0.25) is 0 Å². The smallest absolute Gasteiger partial charge is 0.259 e. The maximum absolute atomic E-state index is 13.8. The molecule has 1 heterocycles. The van der Waals surface area contributed by atoms with Crippen LogP contribution >= 0.6 is 0 Å². The lowest BCUT2D eigenvalue weighted by Gasteiger charge is -2.39. The predicted molar refractivity (Wildman–Crippen MR) is 129 cm³/mol. The average Bonchev–Trinajstić information content (AvgIpc) is 2.88. The molecule has 1 atom stereocenters. The minimum absolute atomic E-state index is 0.125. The van der Waals surface area contributed by atoms with Crippen LogP contribution in [0.1, 0.15) is 54.1 Å². The van der Waals surface area contributed by atoms with Gasteiger partial charge in [0.2, 0.25) is 5.91 Å². The first-order valence-electron chi connectivity index (χ1n) is 11.6. The van der Waals surface area contributed by atoms with Crippen molar-refractivity contribution in [3.05, 3.63) is 83.9 Å². The van der Waals surface area contributed by atoms with Gasteiger partial charge in [-0.2, -0.15) is 0 Å². The second-order valence-electron chi connectivity index (χ2n) is 8.76. The SMILES string of the molecule is COc1ccc2c(c1)-c1ccccc1C(C(=O)NC1CCCCC1)N2C(=O)c1ccccc1. The molecule has 1 fully saturated rings. The highest BCUT2D eigenvalue weighted by Crippen LogP contribution is 2.46. The normalized spacial score (nSPS) is 17.6. The van der Waals surface area contributed by atoms with E-state index >= 15 is 0 Å². The number of rotatable bonds is 4. The van der Waals surface area contributed by atoms with Crippen molar-refractivity contribution < 1.29 is 14.3 Å². The molecule has 33 heavy (non-hydrogen) atoms. The summed E-state index contributed by atoms with van der Waals surface area (Å²) in [7, 11) is 1.63. The molecule has 0 saturated heterocycles. The van der Waals surface area contributed by atoms with E-state index in [0.29, 0.717) is 17.0 Å². The number of hydrogen-bond donors (Lipinski definition) is 1. The zero-order valence-electron chi connectivity index (χ0n) is 18.8. The van der Waals surface area contributed by atoms with Crippen molar-refractivity contribution in [3.8, 4) is 16.9 Å². The number of methoxy groups -OCH3 is 1. The van der Waals surface area contributed by atoms with E-state index < -0.39 is 6.04 Å². The second-order valence-corrected chi connectivity index (χ2v) is 8.76. The molecule has 168 valence electrons. The van der Waals surface area contributed by atoms with Crippen LogP contribution in [0.5, 0.6) is 5.75 Å². The first kappa shape index (κ1) is 21.3. The number of ether oxygens (including phenoxy) is 1. The largest absolute Gasteiger partial charge is 0.497 e. The Kier molecular flexibility index (Phi) is 5.86. The molecule has 0 bridgehead atoms. The van der Waals surface area contributed by atoms with Crippen LogP contribution < -0.4 is 15.0 Å². The van der Waals surface area contributed by atoms with E-state index in [1.807, 2.05) is 60.7 Å². The molecule has 2 aliphatic rings. The van der Waals surface area contributed by atoms with Crippen molar-refractivity contribution in [2.45, 2.75) is 44.2 Å². The molecule has 1 saturated carbocycles. The van der Waals surface area contributed by atoms with E-state index in [-0.39, 0.29) is 17.9 Å². The van der Waals surface area contributed by atoms with Crippen LogP contribution in [-0.4, -0.2) is 25.0 Å². The van der Waals surface area contributed by atoms with Crippen molar-refractivity contribution >= 4 is 17.5 Å². The molecule has 1 unspecified atom stereocenters. The monoisotopic (exact) mass is 440 g/mol. The zero-order chi connectivity index (χ0) is 22.8. The van der Waals surface area contributed by atoms with Gasteiger partial charge < -0.3 is 10.1 Å². The van der Waals surface area contributed by atoms with Gasteiger partial charge >= 0.3 is 0 Å². The number of anilines is 1. The van der Waals surface area contributed by atoms with Gasteiger partial charge in [0.05, 0.1) is 12.8 Å². The number of benzene rings is 3. The van der Waals surface area contributed by atoms with E-state index in [9.17, 15) is 9.59 Å². The molecule has 3 aromatic rings. The Balaban J connectivity index is 1.64. The third-order valence-corrected chi connectivity index (χ3v) is 6.71. The number of carbonyl (C=O) groups is 2. The quantitative estimate of drug-likeness (QED) is 0.582. The topological polar surface area (TPSA) is 58.6 Å². The third kappa shape index (κ3) is 3.99. The Labute approximate surface area is 194 Å². The van der Waals surface area contributed by atoms with E-state index in [4.69, 9.17) is 4.74 Å². The lowest BCUT2D eigenvalue weighted by molar-refractivity contribution is -0.123. The molecular weight excluding hydrogens is 412 g/mol. The van der Waals surface area contributed by atoms with Crippen molar-refractivity contribution in [1.82, 2.24) is 5.32 Å². The van der Waals surface area contributed by atoms with Crippen molar-refractivity contribution in [1.29, 1.82) is 0 Å². The number of nitrogens with one attached hydrogen (secondary N) is 1. The number of fused-ring (bicyclic) bond motifs is 3. The zero-order valence-corrected chi connectivity index (χ0v) is 18.8. The highest BCUT2D eigenvalue weighted by atomic mass is 16.5. The van der Waals surface area contributed by atoms with Gasteiger partial charge in [0.15, 0.2) is 0 Å². The minimum atomic E-state index is -0.739. The van der Waals surface area contributed by atoms with Crippen LogP contribution in [0.4, 0.5) is 5.69 Å². The molecule has 1 aliphatic carbocycles. The Morgan fingerprint density at radius 3 is 2.36 bits per heavy atom. The van der Waals surface area contributed by atoms with E-state index in [2.05, 4.69) is 5.32 Å². The van der Waals surface area contributed by atoms with E-state index in [0.717, 1.165) is 42.4 Å². The number of amides is 2. The van der Waals surface area contributed by atoms with Gasteiger partial charge in [-0.05, 0) is 54.3 Å². The van der Waals surface area contributed by atoms with Crippen LogP contribution in [0.15, 0.2) is 72.8 Å². The third-order valence-electron chi connectivity index (χ3n) is 6.71. The van der Waals surface area contributed by atoms with Crippen LogP contribution in [-0.2, 0) is 4.79 Å². The lowest BCUT2D eigenvalue weighted by Crippen LogP contribution is -2.48. The fraction of sp³-hybridized carbons (Fsp3) is 0.286. The van der Waals surface area contributed by atoms with Gasteiger partial charge in [0.1, 0.15) is 11.8 Å². The number of hydrogen-bond acceptors (Lipinski definition) is 3. The maximum Gasteiger partial charge on any atom is 0.259 e. The van der Waals surface area contributed by atoms with Crippen molar-refractivity contribution in [2.75, 3.05) is 12.0 Å². The summed E-state index contributed by atoms with van der Waals surface area (Å²) in [6, 6.07) is 22.1. The first-order chi connectivity index (χ1) is 16.2. The summed E-state index contributed by atoms with van der Waals surface area (Å²) >= 11 is 0. The molecule has 1 aliphatic heterocycles. The summed E-state index contributed by atoms with van der Waals surface area (Å²) in [5.74, 6) is 0.390. The summed E-state index contributed by atoms with van der Waals surface area (Å²) in [4.78, 5) is 29.3. The molecule has 2 amide bonds. The Hall–Kier alpha value is -3.60. The van der Waals surface area contributed by atoms with Crippen LogP contribution in [0.3, 0.4) is 0 Å². The Bertz CT molecular complexity index is 1170. The van der Waals surface area contributed by atoms with Gasteiger partial charge in [0.25, 0.3) is 5.91 Å². The molecule has 3 aromatic carbocycles. The molecule has 5 nitrogen and oxygen atoms in total. The minimum Gasteiger partial charge on any atom is -0.497 e. The van der Waals surface area contributed by atoms with Crippen LogP contribution in [0.25, 0.3) is 11.1 Å². The standard InChI is InChI=1S/C28H28N2O3/c1-33-21-16-17-25-24(18-21)22-14-8-9-15-23(22)26(27(31)29-20-12-6-3-7-13-20)30(25)28(32)19-10-4-2-5-11-19/h2,4-5,8-11,14-18,20,26H,3,6-7,12-13H2,1H3,(H,29,31). The highest BCUT2D eigenvalue weighted by Gasteiger charge is 2.40. The molecule has 5 rings (SSSR count). The maximum atomic E-state index is 13.8. The molecule has 1 N–H and O–H groups in total. The molecule has 0 radical (unpaired) electrons. The predicted octanol–water partition coefficient (Wildman–Crippen LogP) is 5.51. The lowest BCUT2D eigenvalue weighted by atomic mass is 9.86. The highest BCUT2D eigenvalue weighted by molar-refractivity contribution is 6.14. The Morgan fingerprint density at radius 2 is 1.61 bits per heavy atom. The summed E-state index contributed by atoms with van der Waals surface area (Å²) in [6.45, 7) is 0. The van der Waals surface area contributed by atoms with Crippen molar-refractivity contribution in [3.63, 3.8) is 0 Å². The van der Waals surface area contributed by atoms with E-state index in [1.54, 1.807) is 24.1 Å². The summed E-state index contributed by atoms with van der Waals surface area (Å²) < 4.78 is 5.47. The fourth-order valence-electron chi connectivity index (χ4n) is 5.06. The molecule has 0 aromatic heterocycles. The van der Waals surface area contributed by atoms with Gasteiger partial charge in [-0.3, -0.25) is 14.5 Å². The summed E-state index contributed by atoms with van der Waals surface area (Å²) in [5, 5.41) is 3.26. The van der Waals surface area contributed by atoms with E-state index in [1.165, 1.54) is 6.42 Å². The number of nitrogens with zero attached hydrogens (tertiary/aromatic N) is 1. The molecule has 0 spiro atoms. The average molecular weight is 441 g/mol. The molecular formula is C28H28N2O3. The fourth-order valence-corrected chi connectivity index (χ4v) is 5.06. The second kappa shape index (κ2) is 9.10. The summed E-state index contributed by atoms with van der Waals surface area (Å²) in [5.41, 5.74) is 3.93. The van der Waals surface area contributed by atoms with Gasteiger partial charge in [-0.15, -0.1) is 0 Å².